The zero-order valence-corrected chi connectivity index (χ0v) is 14.1. The fourth-order valence-corrected chi connectivity index (χ4v) is 2.79. The molecular formula is C16H19Cl2N3O. The molecule has 0 spiro atoms. The van der Waals surface area contributed by atoms with Crippen molar-refractivity contribution in [3.63, 3.8) is 0 Å². The van der Waals surface area contributed by atoms with Crippen LogP contribution < -0.4 is 0 Å². The number of aliphatic hydroxyl groups excluding tert-OH is 1. The van der Waals surface area contributed by atoms with E-state index >= 15 is 0 Å². The quantitative estimate of drug-likeness (QED) is 0.836. The molecular weight excluding hydrogens is 321 g/mol. The zero-order valence-electron chi connectivity index (χ0n) is 12.6. The maximum absolute atomic E-state index is 10.8. The van der Waals surface area contributed by atoms with Gasteiger partial charge in [0.2, 0.25) is 0 Å². The first-order valence-corrected chi connectivity index (χ1v) is 8.02. The lowest BCUT2D eigenvalue weighted by atomic mass is 9.98. The molecule has 1 N–H and O–H groups in total. The van der Waals surface area contributed by atoms with E-state index in [1.165, 1.54) is 6.33 Å². The first-order valence-electron chi connectivity index (χ1n) is 7.26. The Labute approximate surface area is 140 Å². The van der Waals surface area contributed by atoms with Crippen molar-refractivity contribution >= 4 is 28.9 Å². The Morgan fingerprint density at radius 3 is 2.59 bits per heavy atom. The summed E-state index contributed by atoms with van der Waals surface area (Å²) in [5, 5.41) is 15.9. The predicted molar refractivity (Wildman–Crippen MR) is 89.8 cm³/mol. The highest BCUT2D eigenvalue weighted by Gasteiger charge is 2.20. The van der Waals surface area contributed by atoms with Crippen molar-refractivity contribution in [3.8, 4) is 0 Å². The molecule has 0 saturated heterocycles. The van der Waals surface area contributed by atoms with Crippen LogP contribution in [0.5, 0.6) is 0 Å². The molecule has 2 rings (SSSR count). The molecule has 1 atom stereocenters. The van der Waals surface area contributed by atoms with Crippen molar-refractivity contribution in [2.45, 2.75) is 32.8 Å². The van der Waals surface area contributed by atoms with Crippen LogP contribution in [-0.4, -0.2) is 19.9 Å². The third-order valence-corrected chi connectivity index (χ3v) is 4.24. The van der Waals surface area contributed by atoms with E-state index in [1.54, 1.807) is 29.2 Å². The summed E-state index contributed by atoms with van der Waals surface area (Å²) >= 11 is 12.1. The molecule has 1 aromatic carbocycles. The fourth-order valence-electron chi connectivity index (χ4n) is 2.28. The van der Waals surface area contributed by atoms with Crippen molar-refractivity contribution < 1.29 is 5.11 Å². The standard InChI is InChI=1S/C16H19Cl2N3O/c1-3-11(4-2)7-15(21-10-19-9-20-21)16(22)13-6-5-12(17)8-14(13)18/h5-11,16,22H,3-4H2,1-2H3. The summed E-state index contributed by atoms with van der Waals surface area (Å²) in [7, 11) is 0. The molecule has 0 saturated carbocycles. The summed E-state index contributed by atoms with van der Waals surface area (Å²) in [6.45, 7) is 4.23. The number of benzene rings is 1. The molecule has 2 aromatic rings. The number of nitrogens with zero attached hydrogens (tertiary/aromatic N) is 3. The summed E-state index contributed by atoms with van der Waals surface area (Å²) in [4.78, 5) is 3.96. The molecule has 0 aliphatic carbocycles. The molecule has 22 heavy (non-hydrogen) atoms. The van der Waals surface area contributed by atoms with Crippen LogP contribution in [0.4, 0.5) is 0 Å². The Bertz CT molecular complexity index is 637. The van der Waals surface area contributed by atoms with Gasteiger partial charge < -0.3 is 5.11 Å². The van der Waals surface area contributed by atoms with Crippen LogP contribution in [0, 0.1) is 5.92 Å². The highest BCUT2D eigenvalue weighted by atomic mass is 35.5. The van der Waals surface area contributed by atoms with Crippen LogP contribution in [0.25, 0.3) is 5.70 Å². The van der Waals surface area contributed by atoms with Crippen LogP contribution in [0.3, 0.4) is 0 Å². The van der Waals surface area contributed by atoms with Gasteiger partial charge in [-0.3, -0.25) is 0 Å². The fraction of sp³-hybridized carbons (Fsp3) is 0.375. The SMILES string of the molecule is CCC(C=C(C(O)c1ccc(Cl)cc1Cl)n1cncn1)CC. The average Bonchev–Trinajstić information content (AvgIpc) is 3.02. The van der Waals surface area contributed by atoms with Gasteiger partial charge in [0.15, 0.2) is 0 Å². The number of rotatable bonds is 6. The summed E-state index contributed by atoms with van der Waals surface area (Å²) in [6, 6.07) is 5.06. The summed E-state index contributed by atoms with van der Waals surface area (Å²) in [5.41, 5.74) is 1.24. The summed E-state index contributed by atoms with van der Waals surface area (Å²) in [5.74, 6) is 0.347. The topological polar surface area (TPSA) is 50.9 Å². The van der Waals surface area contributed by atoms with Gasteiger partial charge in [-0.05, 0) is 30.9 Å². The first-order chi connectivity index (χ1) is 10.6. The van der Waals surface area contributed by atoms with Gasteiger partial charge in [-0.15, -0.1) is 0 Å². The largest absolute Gasteiger partial charge is 0.382 e. The average molecular weight is 340 g/mol. The van der Waals surface area contributed by atoms with E-state index in [0.29, 0.717) is 27.2 Å². The van der Waals surface area contributed by atoms with Crippen LogP contribution >= 0.6 is 23.2 Å². The monoisotopic (exact) mass is 339 g/mol. The number of aliphatic hydroxyl groups is 1. The molecule has 1 heterocycles. The number of aromatic nitrogens is 3. The van der Waals surface area contributed by atoms with Gasteiger partial charge in [0.25, 0.3) is 0 Å². The van der Waals surface area contributed by atoms with Crippen molar-refractivity contribution in [1.29, 1.82) is 0 Å². The second-order valence-corrected chi connectivity index (χ2v) is 5.92. The lowest BCUT2D eigenvalue weighted by Crippen LogP contribution is -2.11. The van der Waals surface area contributed by atoms with E-state index in [2.05, 4.69) is 23.9 Å². The lowest BCUT2D eigenvalue weighted by molar-refractivity contribution is 0.229. The number of hydrogen-bond acceptors (Lipinski definition) is 3. The molecule has 1 aromatic heterocycles. The molecule has 118 valence electrons. The third kappa shape index (κ3) is 3.88. The normalized spacial score (nSPS) is 13.6. The lowest BCUT2D eigenvalue weighted by Gasteiger charge is -2.19. The highest BCUT2D eigenvalue weighted by Crippen LogP contribution is 2.33. The number of halogens is 2. The minimum atomic E-state index is -0.896. The first kappa shape index (κ1) is 17.0. The molecule has 0 amide bonds. The Morgan fingerprint density at radius 2 is 2.05 bits per heavy atom. The Kier molecular flexibility index (Phi) is 6.00. The Hall–Kier alpha value is -1.36. The summed E-state index contributed by atoms with van der Waals surface area (Å²) in [6.07, 6.45) is 6.11. The Morgan fingerprint density at radius 1 is 1.32 bits per heavy atom. The van der Waals surface area contributed by atoms with Crippen molar-refractivity contribution in [2.75, 3.05) is 0 Å². The van der Waals surface area contributed by atoms with Gasteiger partial charge in [-0.1, -0.05) is 49.2 Å². The van der Waals surface area contributed by atoms with E-state index in [9.17, 15) is 5.11 Å². The predicted octanol–water partition coefficient (Wildman–Crippen LogP) is 4.60. The second-order valence-electron chi connectivity index (χ2n) is 5.08. The molecule has 0 aliphatic heterocycles. The number of allylic oxidation sites excluding steroid dienone is 1. The van der Waals surface area contributed by atoms with Crippen LogP contribution in [0.2, 0.25) is 10.0 Å². The molecule has 0 radical (unpaired) electrons. The molecule has 6 heteroatoms. The molecule has 1 unspecified atom stereocenters. The van der Waals surface area contributed by atoms with Crippen molar-refractivity contribution in [1.82, 2.24) is 14.8 Å². The van der Waals surface area contributed by atoms with Crippen LogP contribution in [-0.2, 0) is 0 Å². The van der Waals surface area contributed by atoms with Gasteiger partial charge in [-0.2, -0.15) is 5.10 Å². The van der Waals surface area contributed by atoms with Crippen molar-refractivity contribution in [2.24, 2.45) is 5.92 Å². The van der Waals surface area contributed by atoms with E-state index in [1.807, 2.05) is 6.08 Å². The molecule has 0 aliphatic rings. The molecule has 0 bridgehead atoms. The van der Waals surface area contributed by atoms with E-state index in [-0.39, 0.29) is 0 Å². The molecule has 4 nitrogen and oxygen atoms in total. The maximum Gasteiger partial charge on any atom is 0.138 e. The Balaban J connectivity index is 2.44. The van der Waals surface area contributed by atoms with Crippen LogP contribution in [0.15, 0.2) is 36.9 Å². The van der Waals surface area contributed by atoms with Gasteiger partial charge in [-0.25, -0.2) is 9.67 Å². The second kappa shape index (κ2) is 7.77. The van der Waals surface area contributed by atoms with Crippen LogP contribution in [0.1, 0.15) is 38.4 Å². The van der Waals surface area contributed by atoms with Gasteiger partial charge >= 0.3 is 0 Å². The maximum atomic E-state index is 10.8. The van der Waals surface area contributed by atoms with E-state index in [0.717, 1.165) is 12.8 Å². The minimum absolute atomic E-state index is 0.347. The number of hydrogen-bond donors (Lipinski definition) is 1. The van der Waals surface area contributed by atoms with E-state index in [4.69, 9.17) is 23.2 Å². The minimum Gasteiger partial charge on any atom is -0.382 e. The van der Waals surface area contributed by atoms with E-state index < -0.39 is 6.10 Å². The van der Waals surface area contributed by atoms with Gasteiger partial charge in [0.1, 0.15) is 18.8 Å². The summed E-state index contributed by atoms with van der Waals surface area (Å²) < 4.78 is 1.58. The van der Waals surface area contributed by atoms with Crippen molar-refractivity contribution in [3.05, 3.63) is 52.5 Å². The van der Waals surface area contributed by atoms with Gasteiger partial charge in [0, 0.05) is 15.6 Å². The van der Waals surface area contributed by atoms with Gasteiger partial charge in [0.05, 0.1) is 5.70 Å². The molecule has 0 fully saturated rings. The zero-order chi connectivity index (χ0) is 16.1. The smallest absolute Gasteiger partial charge is 0.138 e. The third-order valence-electron chi connectivity index (χ3n) is 3.68. The highest BCUT2D eigenvalue weighted by molar-refractivity contribution is 6.35.